The molecule has 0 rings (SSSR count). The molecule has 5 heteroatoms. The van der Waals surface area contributed by atoms with Gasteiger partial charge in [-0.2, -0.15) is 0 Å². The molecular formula is C23H45O3S2. The van der Waals surface area contributed by atoms with Crippen LogP contribution in [0.15, 0.2) is 0 Å². The quantitative estimate of drug-likeness (QED) is 0.116. The minimum atomic E-state index is -0.205. The maximum Gasteiger partial charge on any atom is 0.306 e. The fourth-order valence-electron chi connectivity index (χ4n) is 3.36. The lowest BCUT2D eigenvalue weighted by molar-refractivity contribution is -0.144. The van der Waals surface area contributed by atoms with E-state index in [0.29, 0.717) is 6.42 Å². The second kappa shape index (κ2) is 20.4. The first-order valence-corrected chi connectivity index (χ1v) is 13.4. The van der Waals surface area contributed by atoms with Crippen molar-refractivity contribution in [1.82, 2.24) is 0 Å². The molecule has 0 heterocycles. The monoisotopic (exact) mass is 433 g/mol. The van der Waals surface area contributed by atoms with Gasteiger partial charge in [-0.25, -0.2) is 0 Å². The fourth-order valence-corrected chi connectivity index (χ4v) is 5.74. The Morgan fingerprint density at radius 2 is 1.39 bits per heavy atom. The number of ether oxygens (including phenoxy) is 1. The van der Waals surface area contributed by atoms with Gasteiger partial charge in [0.1, 0.15) is 6.61 Å². The topological polar surface area (TPSA) is 46.5 Å². The Labute approximate surface area is 183 Å². The van der Waals surface area contributed by atoms with Crippen molar-refractivity contribution in [3.8, 4) is 0 Å². The molecule has 0 saturated heterocycles. The number of carbonyl (C=O) groups excluding carboxylic acids is 1. The summed E-state index contributed by atoms with van der Waals surface area (Å²) >= 11 is 3.65. The third-order valence-corrected chi connectivity index (χ3v) is 8.10. The van der Waals surface area contributed by atoms with Gasteiger partial charge in [0, 0.05) is 12.0 Å². The van der Waals surface area contributed by atoms with Crippen LogP contribution in [0.2, 0.25) is 0 Å². The van der Waals surface area contributed by atoms with Crippen molar-refractivity contribution in [2.75, 3.05) is 19.0 Å². The average molecular weight is 434 g/mol. The van der Waals surface area contributed by atoms with Gasteiger partial charge in [-0.15, -0.1) is 23.5 Å². The maximum absolute atomic E-state index is 11.7. The van der Waals surface area contributed by atoms with E-state index in [0.717, 1.165) is 5.75 Å². The summed E-state index contributed by atoms with van der Waals surface area (Å²) in [5, 5.41) is 8.76. The average Bonchev–Trinajstić information content (AvgIpc) is 2.71. The van der Waals surface area contributed by atoms with Crippen molar-refractivity contribution in [2.24, 2.45) is 0 Å². The van der Waals surface area contributed by atoms with Gasteiger partial charge in [0.05, 0.1) is 17.1 Å². The van der Waals surface area contributed by atoms with Gasteiger partial charge in [0.2, 0.25) is 0 Å². The first kappa shape index (κ1) is 28.1. The minimum Gasteiger partial charge on any atom is -0.463 e. The molecule has 0 aromatic carbocycles. The molecule has 0 bridgehead atoms. The number of carbonyl (C=O) groups is 1. The zero-order valence-electron chi connectivity index (χ0n) is 18.5. The van der Waals surface area contributed by atoms with E-state index in [2.05, 4.69) is 20.1 Å². The molecule has 0 aromatic heterocycles. The van der Waals surface area contributed by atoms with E-state index >= 15 is 0 Å². The minimum absolute atomic E-state index is 0.104. The Kier molecular flexibility index (Phi) is 20.5. The predicted molar refractivity (Wildman–Crippen MR) is 127 cm³/mol. The molecule has 1 radical (unpaired) electrons. The van der Waals surface area contributed by atoms with Gasteiger partial charge in [-0.05, 0) is 12.8 Å². The molecule has 28 heavy (non-hydrogen) atoms. The first-order chi connectivity index (χ1) is 13.6. The lowest BCUT2D eigenvalue weighted by atomic mass is 10.0. The number of thioether (sulfide) groups is 2. The summed E-state index contributed by atoms with van der Waals surface area (Å²) in [6, 6.07) is 0. The van der Waals surface area contributed by atoms with Gasteiger partial charge < -0.3 is 9.84 Å². The molecule has 0 aliphatic heterocycles. The molecule has 0 aromatic rings. The Bertz CT molecular complexity index is 335. The van der Waals surface area contributed by atoms with Gasteiger partial charge in [-0.1, -0.05) is 90.9 Å². The van der Waals surface area contributed by atoms with Crippen LogP contribution in [0, 0.1) is 6.26 Å². The Morgan fingerprint density at radius 1 is 0.893 bits per heavy atom. The van der Waals surface area contributed by atoms with Crippen molar-refractivity contribution in [2.45, 2.75) is 114 Å². The van der Waals surface area contributed by atoms with E-state index in [-0.39, 0.29) is 23.3 Å². The molecule has 167 valence electrons. The van der Waals surface area contributed by atoms with E-state index in [1.807, 2.05) is 11.8 Å². The van der Waals surface area contributed by atoms with Crippen molar-refractivity contribution in [3.63, 3.8) is 0 Å². The van der Waals surface area contributed by atoms with Crippen LogP contribution >= 0.6 is 23.5 Å². The molecular weight excluding hydrogens is 388 g/mol. The summed E-state index contributed by atoms with van der Waals surface area (Å²) in [5.41, 5.74) is 0. The summed E-state index contributed by atoms with van der Waals surface area (Å²) in [7, 11) is 0. The standard InChI is InChI=1S/C23H45O3S2/c1-4-6-8-10-12-14-17-23(27-3,18-15-13-11-9-7-5-2)28-21-16-22(25)26-20-19-24/h24H,3-21H2,1-2H3. The number of unbranched alkanes of at least 4 members (excludes halogenated alkanes) is 10. The van der Waals surface area contributed by atoms with Crippen LogP contribution in [-0.2, 0) is 9.53 Å². The molecule has 1 N–H and O–H groups in total. The van der Waals surface area contributed by atoms with Crippen LogP contribution in [0.3, 0.4) is 0 Å². The smallest absolute Gasteiger partial charge is 0.306 e. The molecule has 0 atom stereocenters. The first-order valence-electron chi connectivity index (χ1n) is 11.5. The fraction of sp³-hybridized carbons (Fsp3) is 0.913. The Hall–Kier alpha value is 0.130. The van der Waals surface area contributed by atoms with Gasteiger partial charge in [0.25, 0.3) is 0 Å². The van der Waals surface area contributed by atoms with E-state index in [9.17, 15) is 4.79 Å². The molecule has 0 fully saturated rings. The summed E-state index contributed by atoms with van der Waals surface area (Å²) in [5.74, 6) is 0.571. The predicted octanol–water partition coefficient (Wildman–Crippen LogP) is 7.37. The maximum atomic E-state index is 11.7. The molecule has 0 aliphatic rings. The van der Waals surface area contributed by atoms with Crippen LogP contribution in [0.4, 0.5) is 0 Å². The Morgan fingerprint density at radius 3 is 1.86 bits per heavy atom. The molecule has 0 aliphatic carbocycles. The SMILES string of the molecule is [CH2]SC(CCCCCCCC)(CCCCCCCC)SCCC(=O)OCCO. The number of aliphatic hydroxyl groups is 1. The summed E-state index contributed by atoms with van der Waals surface area (Å²) in [4.78, 5) is 11.7. The summed E-state index contributed by atoms with van der Waals surface area (Å²) in [6.45, 7) is 4.52. The highest BCUT2D eigenvalue weighted by Crippen LogP contribution is 2.45. The number of esters is 1. The Balaban J connectivity index is 4.39. The molecule has 0 unspecified atom stereocenters. The molecule has 3 nitrogen and oxygen atoms in total. The second-order valence-electron chi connectivity index (χ2n) is 7.63. The van der Waals surface area contributed by atoms with Gasteiger partial charge in [-0.3, -0.25) is 4.79 Å². The third kappa shape index (κ3) is 16.0. The number of aliphatic hydroxyl groups excluding tert-OH is 1. The van der Waals surface area contributed by atoms with Crippen LogP contribution in [0.25, 0.3) is 0 Å². The normalized spacial score (nSPS) is 11.7. The summed E-state index contributed by atoms with van der Waals surface area (Å²) in [6.07, 6.45) is 22.7. The highest BCUT2D eigenvalue weighted by molar-refractivity contribution is 8.18. The van der Waals surface area contributed by atoms with Crippen molar-refractivity contribution in [3.05, 3.63) is 6.26 Å². The highest BCUT2D eigenvalue weighted by atomic mass is 32.2. The van der Waals surface area contributed by atoms with Crippen molar-refractivity contribution < 1.29 is 14.6 Å². The van der Waals surface area contributed by atoms with E-state index in [1.54, 1.807) is 11.8 Å². The van der Waals surface area contributed by atoms with Crippen LogP contribution in [0.1, 0.15) is 110 Å². The summed E-state index contributed by atoms with van der Waals surface area (Å²) < 4.78 is 5.12. The van der Waals surface area contributed by atoms with Gasteiger partial charge >= 0.3 is 5.97 Å². The van der Waals surface area contributed by atoms with E-state index in [4.69, 9.17) is 9.84 Å². The number of rotatable bonds is 21. The molecule has 0 spiro atoms. The number of hydrogen-bond acceptors (Lipinski definition) is 5. The van der Waals surface area contributed by atoms with Crippen molar-refractivity contribution in [1.29, 1.82) is 0 Å². The third-order valence-electron chi connectivity index (χ3n) is 5.11. The van der Waals surface area contributed by atoms with E-state index < -0.39 is 0 Å². The zero-order valence-corrected chi connectivity index (χ0v) is 20.1. The zero-order chi connectivity index (χ0) is 20.9. The second-order valence-corrected chi connectivity index (χ2v) is 10.4. The van der Waals surface area contributed by atoms with Crippen LogP contribution in [0.5, 0.6) is 0 Å². The van der Waals surface area contributed by atoms with E-state index in [1.165, 1.54) is 89.9 Å². The largest absolute Gasteiger partial charge is 0.463 e. The van der Waals surface area contributed by atoms with Crippen LogP contribution in [-0.4, -0.2) is 34.1 Å². The van der Waals surface area contributed by atoms with Crippen molar-refractivity contribution >= 4 is 29.5 Å². The van der Waals surface area contributed by atoms with Crippen LogP contribution < -0.4 is 0 Å². The lowest BCUT2D eigenvalue weighted by Gasteiger charge is -2.32. The van der Waals surface area contributed by atoms with Gasteiger partial charge in [0.15, 0.2) is 0 Å². The lowest BCUT2D eigenvalue weighted by Crippen LogP contribution is -2.21. The molecule has 0 amide bonds. The number of hydrogen-bond donors (Lipinski definition) is 1. The highest BCUT2D eigenvalue weighted by Gasteiger charge is 2.29. The molecule has 0 saturated carbocycles.